The van der Waals surface area contributed by atoms with Gasteiger partial charge in [-0.15, -0.1) is 0 Å². The van der Waals surface area contributed by atoms with Crippen molar-refractivity contribution in [2.45, 2.75) is 32.9 Å². The summed E-state index contributed by atoms with van der Waals surface area (Å²) in [6.07, 6.45) is 0.792. The molecule has 0 saturated heterocycles. The Labute approximate surface area is 137 Å². The number of nitrogens with one attached hydrogen (secondary N) is 1. The van der Waals surface area contributed by atoms with Crippen LogP contribution in [0.5, 0.6) is 5.75 Å². The van der Waals surface area contributed by atoms with Gasteiger partial charge in [0.1, 0.15) is 11.4 Å². The SMILES string of the molecule is CCOc1ccc(N2C(=O)c3ccccc3N[C@]2(C)CC)cc1. The van der Waals surface area contributed by atoms with E-state index in [9.17, 15) is 4.79 Å². The summed E-state index contributed by atoms with van der Waals surface area (Å²) in [6.45, 7) is 6.72. The lowest BCUT2D eigenvalue weighted by atomic mass is 9.97. The van der Waals surface area contributed by atoms with Crippen LogP contribution < -0.4 is 15.0 Å². The van der Waals surface area contributed by atoms with Crippen LogP contribution in [0.4, 0.5) is 11.4 Å². The molecule has 2 aromatic rings. The molecular weight excluding hydrogens is 288 g/mol. The molecule has 1 heterocycles. The topological polar surface area (TPSA) is 41.6 Å². The van der Waals surface area contributed by atoms with E-state index in [-0.39, 0.29) is 5.91 Å². The van der Waals surface area contributed by atoms with Crippen molar-refractivity contribution in [3.8, 4) is 5.75 Å². The fraction of sp³-hybridized carbons (Fsp3) is 0.316. The average molecular weight is 310 g/mol. The highest BCUT2D eigenvalue weighted by Gasteiger charge is 2.40. The quantitative estimate of drug-likeness (QED) is 0.916. The highest BCUT2D eigenvalue weighted by Crippen LogP contribution is 2.37. The van der Waals surface area contributed by atoms with E-state index in [1.54, 1.807) is 0 Å². The third-order valence-electron chi connectivity index (χ3n) is 4.35. The van der Waals surface area contributed by atoms with E-state index >= 15 is 0 Å². The Kier molecular flexibility index (Phi) is 3.99. The highest BCUT2D eigenvalue weighted by atomic mass is 16.5. The van der Waals surface area contributed by atoms with Crippen LogP contribution in [0.1, 0.15) is 37.6 Å². The lowest BCUT2D eigenvalue weighted by Gasteiger charge is -2.46. The van der Waals surface area contributed by atoms with E-state index in [0.29, 0.717) is 12.2 Å². The molecule has 0 unspecified atom stereocenters. The molecule has 1 aliphatic heterocycles. The molecule has 23 heavy (non-hydrogen) atoms. The van der Waals surface area contributed by atoms with Gasteiger partial charge in [0.25, 0.3) is 5.91 Å². The zero-order valence-electron chi connectivity index (χ0n) is 13.8. The normalized spacial score (nSPS) is 20.0. The van der Waals surface area contributed by atoms with Crippen LogP contribution in [-0.4, -0.2) is 18.2 Å². The van der Waals surface area contributed by atoms with Crippen molar-refractivity contribution in [1.82, 2.24) is 0 Å². The summed E-state index contributed by atoms with van der Waals surface area (Å²) in [5.74, 6) is 0.833. The Bertz CT molecular complexity index is 712. The number of carbonyl (C=O) groups is 1. The van der Waals surface area contributed by atoms with E-state index in [1.165, 1.54) is 0 Å². The maximum Gasteiger partial charge on any atom is 0.262 e. The van der Waals surface area contributed by atoms with Crippen molar-refractivity contribution in [2.24, 2.45) is 0 Å². The monoisotopic (exact) mass is 310 g/mol. The molecule has 0 bridgehead atoms. The van der Waals surface area contributed by atoms with Gasteiger partial charge in [0.15, 0.2) is 0 Å². The lowest BCUT2D eigenvalue weighted by molar-refractivity contribution is 0.0956. The van der Waals surface area contributed by atoms with Crippen LogP contribution >= 0.6 is 0 Å². The zero-order valence-corrected chi connectivity index (χ0v) is 13.8. The third-order valence-corrected chi connectivity index (χ3v) is 4.35. The molecule has 3 rings (SSSR count). The maximum atomic E-state index is 13.1. The molecule has 120 valence electrons. The number of carbonyl (C=O) groups excluding carboxylic acids is 1. The first-order valence-corrected chi connectivity index (χ1v) is 8.03. The fourth-order valence-electron chi connectivity index (χ4n) is 2.98. The van der Waals surface area contributed by atoms with Crippen LogP contribution in [-0.2, 0) is 0 Å². The number of benzene rings is 2. The molecule has 0 fully saturated rings. The van der Waals surface area contributed by atoms with Crippen molar-refractivity contribution < 1.29 is 9.53 Å². The summed E-state index contributed by atoms with van der Waals surface area (Å²) in [6, 6.07) is 15.3. The van der Waals surface area contributed by atoms with Crippen LogP contribution in [0.25, 0.3) is 0 Å². The van der Waals surface area contributed by atoms with Gasteiger partial charge in [-0.2, -0.15) is 0 Å². The number of para-hydroxylation sites is 1. The molecule has 0 spiro atoms. The van der Waals surface area contributed by atoms with Crippen molar-refractivity contribution >= 4 is 17.3 Å². The van der Waals surface area contributed by atoms with Gasteiger partial charge < -0.3 is 10.1 Å². The standard InChI is InChI=1S/C19H22N2O2/c1-4-19(3)20-17-9-7-6-8-16(17)18(22)21(19)14-10-12-15(13-11-14)23-5-2/h6-13,20H,4-5H2,1-3H3/t19-/m0/s1. The Morgan fingerprint density at radius 2 is 1.78 bits per heavy atom. The third kappa shape index (κ3) is 2.65. The van der Waals surface area contributed by atoms with E-state index in [0.717, 1.165) is 23.5 Å². The van der Waals surface area contributed by atoms with E-state index in [1.807, 2.05) is 60.4 Å². The minimum atomic E-state index is -0.460. The highest BCUT2D eigenvalue weighted by molar-refractivity contribution is 6.12. The van der Waals surface area contributed by atoms with Gasteiger partial charge in [0, 0.05) is 11.4 Å². The Balaban J connectivity index is 2.03. The van der Waals surface area contributed by atoms with Crippen molar-refractivity contribution in [3.05, 3.63) is 54.1 Å². The first-order valence-electron chi connectivity index (χ1n) is 8.03. The van der Waals surface area contributed by atoms with Gasteiger partial charge >= 0.3 is 0 Å². The van der Waals surface area contributed by atoms with E-state index in [2.05, 4.69) is 19.2 Å². The number of ether oxygens (including phenoxy) is 1. The predicted octanol–water partition coefficient (Wildman–Crippen LogP) is 4.28. The summed E-state index contributed by atoms with van der Waals surface area (Å²) >= 11 is 0. The molecule has 1 N–H and O–H groups in total. The molecule has 0 aromatic heterocycles. The first kappa shape index (κ1) is 15.4. The molecule has 0 radical (unpaired) electrons. The Morgan fingerprint density at radius 1 is 1.09 bits per heavy atom. The van der Waals surface area contributed by atoms with Crippen LogP contribution in [0, 0.1) is 0 Å². The average Bonchev–Trinajstić information content (AvgIpc) is 2.57. The first-order chi connectivity index (χ1) is 11.1. The lowest BCUT2D eigenvalue weighted by Crippen LogP contribution is -2.58. The number of hydrogen-bond acceptors (Lipinski definition) is 3. The minimum Gasteiger partial charge on any atom is -0.494 e. The van der Waals surface area contributed by atoms with E-state index < -0.39 is 5.66 Å². The van der Waals surface area contributed by atoms with Gasteiger partial charge in [-0.25, -0.2) is 0 Å². The van der Waals surface area contributed by atoms with Crippen molar-refractivity contribution in [2.75, 3.05) is 16.8 Å². The number of nitrogens with zero attached hydrogens (tertiary/aromatic N) is 1. The second-order valence-corrected chi connectivity index (χ2v) is 5.87. The fourth-order valence-corrected chi connectivity index (χ4v) is 2.98. The van der Waals surface area contributed by atoms with E-state index in [4.69, 9.17) is 4.74 Å². The molecular formula is C19H22N2O2. The molecule has 4 heteroatoms. The molecule has 4 nitrogen and oxygen atoms in total. The second kappa shape index (κ2) is 5.95. The largest absolute Gasteiger partial charge is 0.494 e. The molecule has 2 aromatic carbocycles. The summed E-state index contributed by atoms with van der Waals surface area (Å²) < 4.78 is 5.49. The summed E-state index contributed by atoms with van der Waals surface area (Å²) in [5.41, 5.74) is 2.00. The van der Waals surface area contributed by atoms with Crippen LogP contribution in [0.2, 0.25) is 0 Å². The van der Waals surface area contributed by atoms with Crippen LogP contribution in [0.15, 0.2) is 48.5 Å². The Hall–Kier alpha value is -2.49. The van der Waals surface area contributed by atoms with Gasteiger partial charge in [0.05, 0.1) is 12.2 Å². The number of amides is 1. The van der Waals surface area contributed by atoms with Gasteiger partial charge in [0.2, 0.25) is 0 Å². The van der Waals surface area contributed by atoms with Gasteiger partial charge in [-0.05, 0) is 56.7 Å². The van der Waals surface area contributed by atoms with Crippen LogP contribution in [0.3, 0.4) is 0 Å². The number of anilines is 2. The van der Waals surface area contributed by atoms with Gasteiger partial charge in [-0.1, -0.05) is 19.1 Å². The molecule has 1 aliphatic rings. The minimum absolute atomic E-state index is 0.0212. The predicted molar refractivity (Wildman–Crippen MR) is 93.2 cm³/mol. The summed E-state index contributed by atoms with van der Waals surface area (Å²) in [4.78, 5) is 14.9. The van der Waals surface area contributed by atoms with Crippen molar-refractivity contribution in [3.63, 3.8) is 0 Å². The zero-order chi connectivity index (χ0) is 16.4. The number of rotatable bonds is 4. The summed E-state index contributed by atoms with van der Waals surface area (Å²) in [5, 5.41) is 3.52. The van der Waals surface area contributed by atoms with Crippen molar-refractivity contribution in [1.29, 1.82) is 0 Å². The summed E-state index contributed by atoms with van der Waals surface area (Å²) in [7, 11) is 0. The molecule has 1 atom stereocenters. The Morgan fingerprint density at radius 3 is 2.43 bits per heavy atom. The molecule has 1 amide bonds. The number of hydrogen-bond donors (Lipinski definition) is 1. The molecule has 0 aliphatic carbocycles. The number of fused-ring (bicyclic) bond motifs is 1. The van der Waals surface area contributed by atoms with Gasteiger partial charge in [-0.3, -0.25) is 9.69 Å². The smallest absolute Gasteiger partial charge is 0.262 e. The maximum absolute atomic E-state index is 13.1. The molecule has 0 saturated carbocycles. The second-order valence-electron chi connectivity index (χ2n) is 5.87.